The van der Waals surface area contributed by atoms with Crippen LogP contribution in [0.2, 0.25) is 10.0 Å². The molecule has 36 heavy (non-hydrogen) atoms. The third-order valence-electron chi connectivity index (χ3n) is 5.67. The molecule has 7 nitrogen and oxygen atoms in total. The number of amides is 2. The largest absolute Gasteiger partial charge is 0.342 e. The van der Waals surface area contributed by atoms with Crippen LogP contribution in [-0.2, 0) is 11.3 Å². The van der Waals surface area contributed by atoms with Crippen LogP contribution in [0.4, 0.5) is 5.69 Å². The summed E-state index contributed by atoms with van der Waals surface area (Å²) in [6.07, 6.45) is 0. The first-order valence-corrected chi connectivity index (χ1v) is 13.6. The molecule has 1 heterocycles. The molecule has 1 aromatic heterocycles. The van der Waals surface area contributed by atoms with E-state index in [-0.39, 0.29) is 29.5 Å². The number of carbonyl (C=O) groups is 2. The van der Waals surface area contributed by atoms with Crippen molar-refractivity contribution in [1.29, 1.82) is 0 Å². The van der Waals surface area contributed by atoms with Crippen LogP contribution in [0, 0.1) is 5.92 Å². The Balaban J connectivity index is 1.69. The van der Waals surface area contributed by atoms with Gasteiger partial charge in [0.05, 0.1) is 21.8 Å². The molecule has 192 valence electrons. The molecule has 0 aliphatic carbocycles. The lowest BCUT2D eigenvalue weighted by molar-refractivity contribution is -0.113. The maximum Gasteiger partial charge on any atom is 0.251 e. The smallest absolute Gasteiger partial charge is 0.251 e. The maximum atomic E-state index is 12.9. The van der Waals surface area contributed by atoms with Crippen LogP contribution in [0.25, 0.3) is 0 Å². The number of aromatic nitrogens is 3. The highest BCUT2D eigenvalue weighted by atomic mass is 35.5. The second-order valence-electron chi connectivity index (χ2n) is 9.02. The van der Waals surface area contributed by atoms with Gasteiger partial charge >= 0.3 is 0 Å². The Morgan fingerprint density at radius 2 is 1.69 bits per heavy atom. The third-order valence-corrected chi connectivity index (χ3v) is 7.37. The van der Waals surface area contributed by atoms with Crippen molar-refractivity contribution in [3.63, 3.8) is 0 Å². The Labute approximate surface area is 226 Å². The van der Waals surface area contributed by atoms with Crippen molar-refractivity contribution in [1.82, 2.24) is 20.1 Å². The Morgan fingerprint density at radius 1 is 1.00 bits per heavy atom. The van der Waals surface area contributed by atoms with E-state index in [1.807, 2.05) is 49.6 Å². The van der Waals surface area contributed by atoms with Crippen LogP contribution in [0.1, 0.15) is 68.3 Å². The van der Waals surface area contributed by atoms with E-state index >= 15 is 0 Å². The lowest BCUT2D eigenvalue weighted by atomic mass is 10.0. The number of rotatable bonds is 10. The molecule has 0 saturated carbocycles. The number of nitrogens with zero attached hydrogens (tertiary/aromatic N) is 3. The molecule has 0 saturated heterocycles. The van der Waals surface area contributed by atoms with E-state index in [0.717, 1.165) is 5.69 Å². The summed E-state index contributed by atoms with van der Waals surface area (Å²) in [5.74, 6) is 0.886. The van der Waals surface area contributed by atoms with E-state index < -0.39 is 0 Å². The first kappa shape index (κ1) is 28.0. The molecule has 3 rings (SSSR count). The number of anilines is 1. The lowest BCUT2D eigenvalue weighted by Gasteiger charge is -2.22. The highest BCUT2D eigenvalue weighted by molar-refractivity contribution is 7.99. The summed E-state index contributed by atoms with van der Waals surface area (Å²) in [7, 11) is 0. The molecular weight excluding hydrogens is 517 g/mol. The number of halogens is 2. The van der Waals surface area contributed by atoms with Crippen molar-refractivity contribution in [3.8, 4) is 0 Å². The van der Waals surface area contributed by atoms with Crippen molar-refractivity contribution >= 4 is 52.5 Å². The maximum absolute atomic E-state index is 12.9. The van der Waals surface area contributed by atoms with Crippen LogP contribution in [0.15, 0.2) is 47.6 Å². The van der Waals surface area contributed by atoms with Crippen LogP contribution >= 0.6 is 35.0 Å². The summed E-state index contributed by atoms with van der Waals surface area (Å²) < 4.78 is 1.93. The van der Waals surface area contributed by atoms with E-state index in [1.54, 1.807) is 12.1 Å². The number of hydrogen-bond donors (Lipinski definition) is 2. The number of carbonyl (C=O) groups excluding carboxylic acids is 2. The van der Waals surface area contributed by atoms with Gasteiger partial charge in [0, 0.05) is 17.8 Å². The Morgan fingerprint density at radius 3 is 2.28 bits per heavy atom. The van der Waals surface area contributed by atoms with Crippen molar-refractivity contribution in [3.05, 3.63) is 69.5 Å². The molecule has 2 aromatic carbocycles. The van der Waals surface area contributed by atoms with Gasteiger partial charge in [0.25, 0.3) is 5.91 Å². The number of thioether (sulfide) groups is 1. The average molecular weight is 549 g/mol. The predicted molar refractivity (Wildman–Crippen MR) is 147 cm³/mol. The molecule has 2 amide bonds. The van der Waals surface area contributed by atoms with Gasteiger partial charge in [0.1, 0.15) is 0 Å². The number of nitrogens with one attached hydrogen (secondary N) is 2. The second-order valence-corrected chi connectivity index (χ2v) is 10.8. The minimum absolute atomic E-state index is 0.0428. The summed E-state index contributed by atoms with van der Waals surface area (Å²) in [4.78, 5) is 25.5. The second kappa shape index (κ2) is 12.6. The molecule has 2 N–H and O–H groups in total. The monoisotopic (exact) mass is 547 g/mol. The summed E-state index contributed by atoms with van der Waals surface area (Å²) >= 11 is 13.4. The average Bonchev–Trinajstić information content (AvgIpc) is 3.25. The van der Waals surface area contributed by atoms with Crippen LogP contribution in [0.5, 0.6) is 0 Å². The SMILES string of the molecule is CCn1c(SCC(=O)Nc2ccc(C(C)C)cc2)nnc1[C@@H](NC(=O)c1ccc(Cl)c(Cl)c1)C(C)C. The Bertz CT molecular complexity index is 1210. The summed E-state index contributed by atoms with van der Waals surface area (Å²) in [5.41, 5.74) is 2.38. The van der Waals surface area contributed by atoms with Crippen molar-refractivity contribution in [2.24, 2.45) is 5.92 Å². The highest BCUT2D eigenvalue weighted by Gasteiger charge is 2.26. The van der Waals surface area contributed by atoms with Crippen LogP contribution < -0.4 is 10.6 Å². The molecule has 0 radical (unpaired) electrons. The molecular formula is C26H31Cl2N5O2S. The van der Waals surface area contributed by atoms with Gasteiger partial charge in [-0.25, -0.2) is 0 Å². The Hall–Kier alpha value is -2.55. The van der Waals surface area contributed by atoms with E-state index in [2.05, 4.69) is 34.7 Å². The van der Waals surface area contributed by atoms with Gasteiger partial charge in [0.15, 0.2) is 11.0 Å². The van der Waals surface area contributed by atoms with Gasteiger partial charge in [-0.1, -0.05) is 74.8 Å². The van der Waals surface area contributed by atoms with Gasteiger partial charge in [0.2, 0.25) is 5.91 Å². The summed E-state index contributed by atoms with van der Waals surface area (Å²) in [6, 6.07) is 12.2. The van der Waals surface area contributed by atoms with Crippen LogP contribution in [-0.4, -0.2) is 32.3 Å². The van der Waals surface area contributed by atoms with Crippen LogP contribution in [0.3, 0.4) is 0 Å². The molecule has 1 atom stereocenters. The van der Waals surface area contributed by atoms with Gasteiger partial charge in [-0.15, -0.1) is 10.2 Å². The molecule has 0 spiro atoms. The zero-order chi connectivity index (χ0) is 26.4. The minimum atomic E-state index is -0.387. The standard InChI is InChI=1S/C26H31Cl2N5O2S/c1-6-33-24(23(16(4)5)30-25(35)18-9-12-20(27)21(28)13-18)31-32-26(33)36-14-22(34)29-19-10-7-17(8-11-19)15(2)3/h7-13,15-16,23H,6,14H2,1-5H3,(H,29,34)(H,30,35)/t23-/m0/s1. The quantitative estimate of drug-likeness (QED) is 0.279. The van der Waals surface area contributed by atoms with E-state index in [9.17, 15) is 9.59 Å². The molecule has 10 heteroatoms. The number of benzene rings is 2. The summed E-state index contributed by atoms with van der Waals surface area (Å²) in [5, 5.41) is 16.0. The Kier molecular flexibility index (Phi) is 9.82. The van der Waals surface area contributed by atoms with E-state index in [0.29, 0.717) is 39.1 Å². The van der Waals surface area contributed by atoms with Gasteiger partial charge in [-0.3, -0.25) is 9.59 Å². The zero-order valence-electron chi connectivity index (χ0n) is 21.0. The molecule has 3 aromatic rings. The fourth-order valence-electron chi connectivity index (χ4n) is 3.60. The summed E-state index contributed by atoms with van der Waals surface area (Å²) in [6.45, 7) is 10.8. The molecule has 0 fully saturated rings. The molecule has 0 aliphatic rings. The molecule has 0 bridgehead atoms. The van der Waals surface area contributed by atoms with Gasteiger partial charge in [-0.2, -0.15) is 0 Å². The van der Waals surface area contributed by atoms with Crippen molar-refractivity contribution < 1.29 is 9.59 Å². The highest BCUT2D eigenvalue weighted by Crippen LogP contribution is 2.27. The van der Waals surface area contributed by atoms with Gasteiger partial charge < -0.3 is 15.2 Å². The fourth-order valence-corrected chi connectivity index (χ4v) is 4.71. The predicted octanol–water partition coefficient (Wildman–Crippen LogP) is 6.59. The van der Waals surface area contributed by atoms with E-state index in [4.69, 9.17) is 23.2 Å². The normalized spacial score (nSPS) is 12.1. The fraction of sp³-hybridized carbons (Fsp3) is 0.385. The zero-order valence-corrected chi connectivity index (χ0v) is 23.3. The lowest BCUT2D eigenvalue weighted by Crippen LogP contribution is -2.33. The van der Waals surface area contributed by atoms with Gasteiger partial charge in [-0.05, 0) is 54.7 Å². The van der Waals surface area contributed by atoms with Crippen molar-refractivity contribution in [2.75, 3.05) is 11.1 Å². The number of hydrogen-bond acceptors (Lipinski definition) is 5. The topological polar surface area (TPSA) is 88.9 Å². The first-order valence-electron chi connectivity index (χ1n) is 11.8. The molecule has 0 unspecified atom stereocenters. The third kappa shape index (κ3) is 7.02. The minimum Gasteiger partial charge on any atom is -0.342 e. The first-order chi connectivity index (χ1) is 17.1. The molecule has 0 aliphatic heterocycles. The van der Waals surface area contributed by atoms with Crippen molar-refractivity contribution in [2.45, 2.75) is 58.3 Å². The van der Waals surface area contributed by atoms with E-state index in [1.165, 1.54) is 23.4 Å².